The Balaban J connectivity index is 2.07. The fourth-order valence-electron chi connectivity index (χ4n) is 2.64. The number of urea groups is 1. The van der Waals surface area contributed by atoms with Crippen LogP contribution in [0, 0.1) is 0 Å². The van der Waals surface area contributed by atoms with Crippen LogP contribution < -0.4 is 26.0 Å². The molecule has 2 aromatic carbocycles. The summed E-state index contributed by atoms with van der Waals surface area (Å²) >= 11 is 0. The van der Waals surface area contributed by atoms with Crippen molar-refractivity contribution in [2.24, 2.45) is 0 Å². The number of carbonyl (C=O) groups is 3. The van der Waals surface area contributed by atoms with Crippen molar-refractivity contribution in [1.82, 2.24) is 10.0 Å². The van der Waals surface area contributed by atoms with Gasteiger partial charge in [-0.05, 0) is 57.2 Å². The standard InChI is InChI=1S/C21H27N5O5S/c1-13(2)22-21(29)25-19-8-6-5-7-18(19)24-20(28)14(3)26-32(30,31)17-11-9-16(10-12-17)23-15(4)27/h5-14,26H,1-4H3,(H,23,27)(H,24,28)(H2,22,25,29)/t14-/m0/s1. The van der Waals surface area contributed by atoms with Crippen LogP contribution in [0.4, 0.5) is 21.9 Å². The predicted molar refractivity (Wildman–Crippen MR) is 123 cm³/mol. The van der Waals surface area contributed by atoms with Gasteiger partial charge < -0.3 is 21.3 Å². The highest BCUT2D eigenvalue weighted by Crippen LogP contribution is 2.21. The molecule has 5 N–H and O–H groups in total. The average molecular weight is 462 g/mol. The molecule has 172 valence electrons. The summed E-state index contributed by atoms with van der Waals surface area (Å²) in [5.41, 5.74) is 1.14. The molecule has 0 unspecified atom stereocenters. The van der Waals surface area contributed by atoms with Crippen LogP contribution in [0.5, 0.6) is 0 Å². The van der Waals surface area contributed by atoms with E-state index in [1.54, 1.807) is 24.3 Å². The Kier molecular flexibility index (Phi) is 8.33. The summed E-state index contributed by atoms with van der Waals surface area (Å²) in [6.45, 7) is 6.37. The quantitative estimate of drug-likeness (QED) is 0.410. The van der Waals surface area contributed by atoms with E-state index >= 15 is 0 Å². The molecular weight excluding hydrogens is 434 g/mol. The lowest BCUT2D eigenvalue weighted by atomic mass is 10.2. The monoisotopic (exact) mass is 461 g/mol. The zero-order chi connectivity index (χ0) is 23.9. The topological polar surface area (TPSA) is 146 Å². The second kappa shape index (κ2) is 10.7. The lowest BCUT2D eigenvalue weighted by molar-refractivity contribution is -0.117. The molecule has 0 saturated heterocycles. The van der Waals surface area contributed by atoms with E-state index in [2.05, 4.69) is 26.0 Å². The van der Waals surface area contributed by atoms with Gasteiger partial charge in [-0.2, -0.15) is 4.72 Å². The minimum atomic E-state index is -3.99. The van der Waals surface area contributed by atoms with Crippen molar-refractivity contribution >= 4 is 44.9 Å². The number of sulfonamides is 1. The first kappa shape index (κ1) is 24.8. The maximum atomic E-state index is 12.6. The van der Waals surface area contributed by atoms with Crippen molar-refractivity contribution in [2.75, 3.05) is 16.0 Å². The Morgan fingerprint density at radius 3 is 1.91 bits per heavy atom. The molecule has 0 radical (unpaired) electrons. The summed E-state index contributed by atoms with van der Waals surface area (Å²) in [4.78, 5) is 35.6. The molecule has 2 rings (SSSR count). The Labute approximate surface area is 187 Å². The number of hydrogen-bond acceptors (Lipinski definition) is 5. The van der Waals surface area contributed by atoms with E-state index in [0.717, 1.165) is 0 Å². The fourth-order valence-corrected chi connectivity index (χ4v) is 3.84. The molecule has 0 aliphatic heterocycles. The second-order valence-corrected chi connectivity index (χ2v) is 9.05. The van der Waals surface area contributed by atoms with E-state index in [9.17, 15) is 22.8 Å². The molecule has 0 fully saturated rings. The summed E-state index contributed by atoms with van der Waals surface area (Å²) in [7, 11) is -3.99. The average Bonchev–Trinajstić information content (AvgIpc) is 2.68. The molecule has 0 aliphatic rings. The molecule has 0 heterocycles. The van der Waals surface area contributed by atoms with Crippen LogP contribution in [-0.4, -0.2) is 38.3 Å². The SMILES string of the molecule is CC(=O)Nc1ccc(S(=O)(=O)N[C@@H](C)C(=O)Nc2ccccc2NC(=O)NC(C)C)cc1. The van der Waals surface area contributed by atoms with Crippen LogP contribution >= 0.6 is 0 Å². The van der Waals surface area contributed by atoms with Gasteiger partial charge in [0.1, 0.15) is 0 Å². The van der Waals surface area contributed by atoms with Gasteiger partial charge in [0.05, 0.1) is 22.3 Å². The summed E-state index contributed by atoms with van der Waals surface area (Å²) in [6, 6.07) is 10.5. The first-order valence-corrected chi connectivity index (χ1v) is 11.3. The van der Waals surface area contributed by atoms with E-state index in [-0.39, 0.29) is 16.8 Å². The minimum Gasteiger partial charge on any atom is -0.336 e. The maximum absolute atomic E-state index is 12.6. The van der Waals surface area contributed by atoms with Crippen molar-refractivity contribution in [3.05, 3.63) is 48.5 Å². The lowest BCUT2D eigenvalue weighted by Gasteiger charge is -2.17. The van der Waals surface area contributed by atoms with Gasteiger partial charge in [-0.25, -0.2) is 13.2 Å². The summed E-state index contributed by atoms with van der Waals surface area (Å²) in [6.07, 6.45) is 0. The highest BCUT2D eigenvalue weighted by Gasteiger charge is 2.23. The normalized spacial score (nSPS) is 12.0. The van der Waals surface area contributed by atoms with Gasteiger partial charge in [-0.1, -0.05) is 12.1 Å². The molecule has 0 bridgehead atoms. The van der Waals surface area contributed by atoms with E-state index in [0.29, 0.717) is 17.1 Å². The maximum Gasteiger partial charge on any atom is 0.319 e. The van der Waals surface area contributed by atoms with Gasteiger partial charge in [0, 0.05) is 18.7 Å². The van der Waals surface area contributed by atoms with Gasteiger partial charge >= 0.3 is 6.03 Å². The first-order valence-electron chi connectivity index (χ1n) is 9.85. The third kappa shape index (κ3) is 7.36. The van der Waals surface area contributed by atoms with Crippen LogP contribution in [0.25, 0.3) is 0 Å². The molecule has 0 aromatic heterocycles. The largest absolute Gasteiger partial charge is 0.336 e. The third-order valence-electron chi connectivity index (χ3n) is 4.06. The minimum absolute atomic E-state index is 0.0568. The van der Waals surface area contributed by atoms with Crippen LogP contribution in [0.2, 0.25) is 0 Å². The molecule has 0 spiro atoms. The Morgan fingerprint density at radius 1 is 0.812 bits per heavy atom. The highest BCUT2D eigenvalue weighted by molar-refractivity contribution is 7.89. The zero-order valence-corrected chi connectivity index (χ0v) is 19.0. The molecule has 4 amide bonds. The smallest absolute Gasteiger partial charge is 0.319 e. The zero-order valence-electron chi connectivity index (χ0n) is 18.2. The first-order chi connectivity index (χ1) is 15.0. The van der Waals surface area contributed by atoms with Crippen LogP contribution in [0.15, 0.2) is 53.4 Å². The van der Waals surface area contributed by atoms with Gasteiger partial charge in [0.25, 0.3) is 0 Å². The van der Waals surface area contributed by atoms with Crippen LogP contribution in [-0.2, 0) is 19.6 Å². The van der Waals surface area contributed by atoms with Crippen LogP contribution in [0.3, 0.4) is 0 Å². The van der Waals surface area contributed by atoms with Crippen molar-refractivity contribution in [3.8, 4) is 0 Å². The Morgan fingerprint density at radius 2 is 1.38 bits per heavy atom. The van der Waals surface area contributed by atoms with E-state index in [1.807, 2.05) is 13.8 Å². The summed E-state index contributed by atoms with van der Waals surface area (Å²) in [5, 5.41) is 10.5. The number of nitrogens with one attached hydrogen (secondary N) is 5. The number of para-hydroxylation sites is 2. The van der Waals surface area contributed by atoms with Crippen molar-refractivity contribution in [3.63, 3.8) is 0 Å². The number of amides is 4. The number of carbonyl (C=O) groups excluding carboxylic acids is 3. The Bertz CT molecular complexity index is 1080. The number of benzene rings is 2. The van der Waals surface area contributed by atoms with Crippen molar-refractivity contribution < 1.29 is 22.8 Å². The van der Waals surface area contributed by atoms with Gasteiger partial charge in [0.2, 0.25) is 21.8 Å². The van der Waals surface area contributed by atoms with E-state index in [1.165, 1.54) is 38.1 Å². The third-order valence-corrected chi connectivity index (χ3v) is 5.62. The molecule has 11 heteroatoms. The van der Waals surface area contributed by atoms with Crippen molar-refractivity contribution in [2.45, 2.75) is 44.7 Å². The molecule has 2 aromatic rings. The highest BCUT2D eigenvalue weighted by atomic mass is 32.2. The Hall–Kier alpha value is -3.44. The molecule has 0 aliphatic carbocycles. The number of hydrogen-bond donors (Lipinski definition) is 5. The molecule has 0 saturated carbocycles. The van der Waals surface area contributed by atoms with Crippen LogP contribution in [0.1, 0.15) is 27.7 Å². The number of rotatable bonds is 8. The molecule has 1 atom stereocenters. The fraction of sp³-hybridized carbons (Fsp3) is 0.286. The number of anilines is 3. The van der Waals surface area contributed by atoms with Gasteiger partial charge in [-0.15, -0.1) is 0 Å². The second-order valence-electron chi connectivity index (χ2n) is 7.34. The van der Waals surface area contributed by atoms with Gasteiger partial charge in [0.15, 0.2) is 0 Å². The van der Waals surface area contributed by atoms with E-state index in [4.69, 9.17) is 0 Å². The predicted octanol–water partition coefficient (Wildman–Crippen LogP) is 2.48. The molecule has 32 heavy (non-hydrogen) atoms. The van der Waals surface area contributed by atoms with Gasteiger partial charge in [-0.3, -0.25) is 9.59 Å². The molecule has 10 nitrogen and oxygen atoms in total. The van der Waals surface area contributed by atoms with Crippen molar-refractivity contribution in [1.29, 1.82) is 0 Å². The van der Waals surface area contributed by atoms with E-state index < -0.39 is 28.0 Å². The summed E-state index contributed by atoms with van der Waals surface area (Å²) < 4.78 is 27.5. The lowest BCUT2D eigenvalue weighted by Crippen LogP contribution is -2.41. The molecular formula is C21H27N5O5S. The summed E-state index contributed by atoms with van der Waals surface area (Å²) in [5.74, 6) is -0.887.